The molecule has 14 heavy (non-hydrogen) atoms. The summed E-state index contributed by atoms with van der Waals surface area (Å²) in [4.78, 5) is 10.9. The number of nitrogens with two attached hydrogens (primary N) is 1. The summed E-state index contributed by atoms with van der Waals surface area (Å²) >= 11 is 0. The monoisotopic (exact) mass is 221 g/mol. The molecule has 1 aliphatic carbocycles. The van der Waals surface area contributed by atoms with Gasteiger partial charge >= 0.3 is 5.97 Å². The molecule has 0 atom stereocenters. The summed E-state index contributed by atoms with van der Waals surface area (Å²) in [6, 6.07) is 0. The van der Waals surface area contributed by atoms with Crippen LogP contribution < -0.4 is 5.73 Å². The van der Waals surface area contributed by atoms with Crippen LogP contribution in [-0.4, -0.2) is 18.6 Å². The zero-order valence-electron chi connectivity index (χ0n) is 8.75. The van der Waals surface area contributed by atoms with Crippen LogP contribution in [0.25, 0.3) is 0 Å². The lowest BCUT2D eigenvalue weighted by atomic mass is 9.79. The number of rotatable bonds is 3. The van der Waals surface area contributed by atoms with Crippen LogP contribution in [0.4, 0.5) is 0 Å². The maximum atomic E-state index is 10.9. The van der Waals surface area contributed by atoms with Crippen LogP contribution in [0.5, 0.6) is 0 Å². The Bertz CT molecular complexity index is 179. The standard InChI is InChI=1S/C10H19NO2.ClH/c1-13-9(12)5-8-10(11)6-3-2-4-7-10;/h2-8,11H2,1H3;1H. The zero-order valence-corrected chi connectivity index (χ0v) is 9.57. The molecule has 1 saturated carbocycles. The number of methoxy groups -OCH3 is 1. The quantitative estimate of drug-likeness (QED) is 0.742. The molecule has 1 fully saturated rings. The van der Waals surface area contributed by atoms with Gasteiger partial charge in [-0.05, 0) is 19.3 Å². The molecule has 0 saturated heterocycles. The highest BCUT2D eigenvalue weighted by atomic mass is 35.5. The van der Waals surface area contributed by atoms with Crippen molar-refractivity contribution in [2.45, 2.75) is 50.5 Å². The first-order chi connectivity index (χ1) is 6.16. The fourth-order valence-corrected chi connectivity index (χ4v) is 1.96. The molecule has 0 spiro atoms. The summed E-state index contributed by atoms with van der Waals surface area (Å²) in [5.41, 5.74) is 6.06. The minimum Gasteiger partial charge on any atom is -0.469 e. The van der Waals surface area contributed by atoms with Gasteiger partial charge in [0.15, 0.2) is 0 Å². The maximum absolute atomic E-state index is 10.9. The lowest BCUT2D eigenvalue weighted by Gasteiger charge is -2.33. The van der Waals surface area contributed by atoms with Crippen molar-refractivity contribution in [2.24, 2.45) is 5.73 Å². The van der Waals surface area contributed by atoms with Crippen molar-refractivity contribution in [3.63, 3.8) is 0 Å². The molecule has 1 rings (SSSR count). The van der Waals surface area contributed by atoms with Gasteiger partial charge in [-0.2, -0.15) is 0 Å². The van der Waals surface area contributed by atoms with Gasteiger partial charge in [0.25, 0.3) is 0 Å². The number of ether oxygens (including phenoxy) is 1. The Morgan fingerprint density at radius 1 is 1.36 bits per heavy atom. The average molecular weight is 222 g/mol. The van der Waals surface area contributed by atoms with E-state index in [1.165, 1.54) is 26.4 Å². The molecule has 0 bridgehead atoms. The summed E-state index contributed by atoms with van der Waals surface area (Å²) in [5, 5.41) is 0. The summed E-state index contributed by atoms with van der Waals surface area (Å²) < 4.78 is 4.59. The lowest BCUT2D eigenvalue weighted by molar-refractivity contribution is -0.141. The molecule has 0 radical (unpaired) electrons. The van der Waals surface area contributed by atoms with E-state index in [1.807, 2.05) is 0 Å². The van der Waals surface area contributed by atoms with Crippen LogP contribution in [0.2, 0.25) is 0 Å². The Kier molecular flexibility index (Phi) is 6.12. The summed E-state index contributed by atoms with van der Waals surface area (Å²) in [7, 11) is 1.42. The number of esters is 1. The molecular weight excluding hydrogens is 202 g/mol. The van der Waals surface area contributed by atoms with E-state index < -0.39 is 0 Å². The molecule has 3 nitrogen and oxygen atoms in total. The summed E-state index contributed by atoms with van der Waals surface area (Å²) in [6.45, 7) is 0. The highest BCUT2D eigenvalue weighted by Crippen LogP contribution is 2.29. The summed E-state index contributed by atoms with van der Waals surface area (Å²) in [6.07, 6.45) is 7.06. The molecule has 0 unspecified atom stereocenters. The predicted octanol–water partition coefficient (Wildman–Crippen LogP) is 2.02. The Labute approximate surface area is 91.8 Å². The Hall–Kier alpha value is -0.280. The van der Waals surface area contributed by atoms with Crippen molar-refractivity contribution >= 4 is 18.4 Å². The average Bonchev–Trinajstić information content (AvgIpc) is 2.15. The molecule has 0 aromatic rings. The van der Waals surface area contributed by atoms with Crippen LogP contribution in [0.3, 0.4) is 0 Å². The highest BCUT2D eigenvalue weighted by molar-refractivity contribution is 5.85. The molecule has 2 N–H and O–H groups in total. The number of hydrogen-bond donors (Lipinski definition) is 1. The molecule has 84 valence electrons. The second-order valence-electron chi connectivity index (χ2n) is 4.00. The van der Waals surface area contributed by atoms with Crippen molar-refractivity contribution in [3.05, 3.63) is 0 Å². The van der Waals surface area contributed by atoms with Gasteiger partial charge in [0.1, 0.15) is 0 Å². The number of carbonyl (C=O) groups is 1. The fraction of sp³-hybridized carbons (Fsp3) is 0.900. The number of hydrogen-bond acceptors (Lipinski definition) is 3. The third-order valence-electron chi connectivity index (χ3n) is 2.90. The van der Waals surface area contributed by atoms with Gasteiger partial charge < -0.3 is 10.5 Å². The van der Waals surface area contributed by atoms with Crippen molar-refractivity contribution in [1.29, 1.82) is 0 Å². The smallest absolute Gasteiger partial charge is 0.305 e. The fourth-order valence-electron chi connectivity index (χ4n) is 1.96. The van der Waals surface area contributed by atoms with Crippen molar-refractivity contribution in [2.75, 3.05) is 7.11 Å². The van der Waals surface area contributed by atoms with Gasteiger partial charge in [-0.25, -0.2) is 0 Å². The van der Waals surface area contributed by atoms with Gasteiger partial charge in [-0.15, -0.1) is 12.4 Å². The molecule has 0 aromatic heterocycles. The molecule has 0 aliphatic heterocycles. The van der Waals surface area contributed by atoms with Gasteiger partial charge in [0, 0.05) is 12.0 Å². The van der Waals surface area contributed by atoms with Crippen LogP contribution in [0, 0.1) is 0 Å². The van der Waals surface area contributed by atoms with E-state index in [1.54, 1.807) is 0 Å². The van der Waals surface area contributed by atoms with E-state index in [9.17, 15) is 4.79 Å². The van der Waals surface area contributed by atoms with Gasteiger partial charge in [-0.1, -0.05) is 19.3 Å². The minimum atomic E-state index is -0.143. The number of carbonyl (C=O) groups excluding carboxylic acids is 1. The van der Waals surface area contributed by atoms with E-state index >= 15 is 0 Å². The normalized spacial score (nSPS) is 19.6. The largest absolute Gasteiger partial charge is 0.469 e. The summed E-state index contributed by atoms with van der Waals surface area (Å²) in [5.74, 6) is -0.143. The van der Waals surface area contributed by atoms with E-state index in [0.29, 0.717) is 6.42 Å². The third-order valence-corrected chi connectivity index (χ3v) is 2.90. The predicted molar refractivity (Wildman–Crippen MR) is 58.5 cm³/mol. The van der Waals surface area contributed by atoms with E-state index in [-0.39, 0.29) is 23.9 Å². The maximum Gasteiger partial charge on any atom is 0.305 e. The first kappa shape index (κ1) is 13.7. The lowest BCUT2D eigenvalue weighted by Crippen LogP contribution is -2.42. The second kappa shape index (κ2) is 6.25. The van der Waals surface area contributed by atoms with Crippen LogP contribution in [-0.2, 0) is 9.53 Å². The Morgan fingerprint density at radius 2 is 1.93 bits per heavy atom. The van der Waals surface area contributed by atoms with Gasteiger partial charge in [0.2, 0.25) is 0 Å². The molecule has 0 aromatic carbocycles. The van der Waals surface area contributed by atoms with Crippen molar-refractivity contribution in [3.8, 4) is 0 Å². The minimum absolute atomic E-state index is 0. The first-order valence-electron chi connectivity index (χ1n) is 5.02. The molecule has 0 heterocycles. The van der Waals surface area contributed by atoms with E-state index in [0.717, 1.165) is 19.3 Å². The molecule has 0 amide bonds. The first-order valence-corrected chi connectivity index (χ1v) is 5.02. The second-order valence-corrected chi connectivity index (χ2v) is 4.00. The molecule has 1 aliphatic rings. The Balaban J connectivity index is 0.00000169. The van der Waals surface area contributed by atoms with Crippen LogP contribution in [0.1, 0.15) is 44.9 Å². The van der Waals surface area contributed by atoms with Gasteiger partial charge in [-0.3, -0.25) is 4.79 Å². The zero-order chi connectivity index (χ0) is 9.73. The molecule has 4 heteroatoms. The SMILES string of the molecule is COC(=O)CCC1(N)CCCCC1.Cl. The van der Waals surface area contributed by atoms with Gasteiger partial charge in [0.05, 0.1) is 7.11 Å². The third kappa shape index (κ3) is 4.29. The van der Waals surface area contributed by atoms with E-state index in [2.05, 4.69) is 4.74 Å². The van der Waals surface area contributed by atoms with Crippen LogP contribution >= 0.6 is 12.4 Å². The van der Waals surface area contributed by atoms with Crippen molar-refractivity contribution in [1.82, 2.24) is 0 Å². The highest BCUT2D eigenvalue weighted by Gasteiger charge is 2.27. The topological polar surface area (TPSA) is 52.3 Å². The van der Waals surface area contributed by atoms with Crippen molar-refractivity contribution < 1.29 is 9.53 Å². The van der Waals surface area contributed by atoms with E-state index in [4.69, 9.17) is 5.73 Å². The molecular formula is C10H20ClNO2. The van der Waals surface area contributed by atoms with Crippen LogP contribution in [0.15, 0.2) is 0 Å². The Morgan fingerprint density at radius 3 is 2.43 bits per heavy atom. The number of halogens is 1.